The van der Waals surface area contributed by atoms with Gasteiger partial charge in [-0.25, -0.2) is 4.98 Å². The average Bonchev–Trinajstić information content (AvgIpc) is 2.78. The van der Waals surface area contributed by atoms with Crippen LogP contribution in [0.2, 0.25) is 0 Å². The maximum absolute atomic E-state index is 12.1. The number of rotatable bonds is 3. The number of nitrogens with zero attached hydrogens (tertiary/aromatic N) is 2. The third kappa shape index (κ3) is 2.72. The number of hydrogen-bond donors (Lipinski definition) is 0. The third-order valence-corrected chi connectivity index (χ3v) is 4.08. The molecule has 2 fully saturated rings. The Labute approximate surface area is 113 Å². The predicted octanol–water partition coefficient (Wildman–Crippen LogP) is 2.17. The van der Waals surface area contributed by atoms with Crippen LogP contribution in [0.1, 0.15) is 31.2 Å². The molecule has 4 heteroatoms. The second kappa shape index (κ2) is 5.19. The fraction of sp³-hybridized carbons (Fsp3) is 0.600. The van der Waals surface area contributed by atoms with Gasteiger partial charge in [-0.2, -0.15) is 0 Å². The molecule has 1 atom stereocenters. The average molecular weight is 260 g/mol. The van der Waals surface area contributed by atoms with Crippen molar-refractivity contribution in [2.45, 2.75) is 38.7 Å². The molecule has 1 aromatic rings. The first-order valence-corrected chi connectivity index (χ1v) is 7.10. The first-order chi connectivity index (χ1) is 9.22. The quantitative estimate of drug-likeness (QED) is 0.836. The van der Waals surface area contributed by atoms with E-state index >= 15 is 0 Å². The molecule has 1 aromatic heterocycles. The van der Waals surface area contributed by atoms with Crippen molar-refractivity contribution in [3.8, 4) is 5.88 Å². The largest absolute Gasteiger partial charge is 0.472 e. The minimum atomic E-state index is 0.0965. The van der Waals surface area contributed by atoms with Gasteiger partial charge >= 0.3 is 0 Å². The Morgan fingerprint density at radius 3 is 2.84 bits per heavy atom. The zero-order valence-corrected chi connectivity index (χ0v) is 11.3. The van der Waals surface area contributed by atoms with Gasteiger partial charge in [-0.05, 0) is 25.3 Å². The molecule has 0 radical (unpaired) electrons. The summed E-state index contributed by atoms with van der Waals surface area (Å²) >= 11 is 0. The van der Waals surface area contributed by atoms with Crippen molar-refractivity contribution in [3.63, 3.8) is 0 Å². The molecule has 2 aliphatic rings. The number of aromatic nitrogens is 1. The number of likely N-dealkylation sites (tertiary alicyclic amines) is 1. The summed E-state index contributed by atoms with van der Waals surface area (Å²) in [7, 11) is 0. The van der Waals surface area contributed by atoms with Crippen molar-refractivity contribution in [2.24, 2.45) is 5.92 Å². The number of amides is 1. The maximum atomic E-state index is 12.1. The molecule has 1 unspecified atom stereocenters. The summed E-state index contributed by atoms with van der Waals surface area (Å²) < 4.78 is 5.84. The number of carbonyl (C=O) groups excluding carboxylic acids is 1. The number of aryl methyl sites for hydroxylation is 1. The Balaban J connectivity index is 1.54. The molecule has 1 amide bonds. The third-order valence-electron chi connectivity index (χ3n) is 4.08. The fourth-order valence-electron chi connectivity index (χ4n) is 2.63. The lowest BCUT2D eigenvalue weighted by Crippen LogP contribution is -2.38. The van der Waals surface area contributed by atoms with Gasteiger partial charge in [0, 0.05) is 31.1 Å². The van der Waals surface area contributed by atoms with E-state index < -0.39 is 0 Å². The molecule has 0 aromatic carbocycles. The van der Waals surface area contributed by atoms with Crippen LogP contribution in [0.4, 0.5) is 0 Å². The number of hydrogen-bond acceptors (Lipinski definition) is 3. The van der Waals surface area contributed by atoms with Crippen LogP contribution in [0.15, 0.2) is 18.3 Å². The van der Waals surface area contributed by atoms with E-state index in [-0.39, 0.29) is 12.0 Å². The van der Waals surface area contributed by atoms with Crippen molar-refractivity contribution in [3.05, 3.63) is 23.9 Å². The van der Waals surface area contributed by atoms with E-state index in [4.69, 9.17) is 4.74 Å². The van der Waals surface area contributed by atoms with E-state index in [0.29, 0.717) is 18.3 Å². The lowest BCUT2D eigenvalue weighted by atomic mass is 9.84. The second-order valence-electron chi connectivity index (χ2n) is 5.61. The van der Waals surface area contributed by atoms with Crippen molar-refractivity contribution in [1.29, 1.82) is 0 Å². The standard InChI is InChI=1S/C15H20N2O2/c1-11-5-6-14(16-9-11)19-13-7-8-17(10-13)15(18)12-3-2-4-12/h5-6,9,12-13H,2-4,7-8,10H2,1H3. The van der Waals surface area contributed by atoms with Crippen LogP contribution in [-0.4, -0.2) is 35.0 Å². The molecule has 0 N–H and O–H groups in total. The van der Waals surface area contributed by atoms with Gasteiger partial charge in [0.15, 0.2) is 0 Å². The lowest BCUT2D eigenvalue weighted by Gasteiger charge is -2.29. The van der Waals surface area contributed by atoms with E-state index in [1.807, 2.05) is 30.2 Å². The second-order valence-corrected chi connectivity index (χ2v) is 5.61. The summed E-state index contributed by atoms with van der Waals surface area (Å²) in [5.41, 5.74) is 1.13. The van der Waals surface area contributed by atoms with Crippen LogP contribution in [0.5, 0.6) is 5.88 Å². The highest BCUT2D eigenvalue weighted by Gasteiger charge is 2.34. The topological polar surface area (TPSA) is 42.4 Å². The molecule has 0 bridgehead atoms. The van der Waals surface area contributed by atoms with Gasteiger partial charge in [0.1, 0.15) is 6.10 Å². The normalized spacial score (nSPS) is 23.2. The lowest BCUT2D eigenvalue weighted by molar-refractivity contribution is -0.137. The number of pyridine rings is 1. The van der Waals surface area contributed by atoms with Crippen LogP contribution >= 0.6 is 0 Å². The molecule has 102 valence electrons. The number of ether oxygens (including phenoxy) is 1. The molecular weight excluding hydrogens is 240 g/mol. The maximum Gasteiger partial charge on any atom is 0.225 e. The Hall–Kier alpha value is -1.58. The van der Waals surface area contributed by atoms with Crippen LogP contribution in [0.3, 0.4) is 0 Å². The fourth-order valence-corrected chi connectivity index (χ4v) is 2.63. The Morgan fingerprint density at radius 1 is 1.37 bits per heavy atom. The molecule has 1 aliphatic carbocycles. The Kier molecular flexibility index (Phi) is 3.40. The van der Waals surface area contributed by atoms with E-state index in [1.54, 1.807) is 0 Å². The molecular formula is C15H20N2O2. The monoisotopic (exact) mass is 260 g/mol. The zero-order chi connectivity index (χ0) is 13.2. The van der Waals surface area contributed by atoms with E-state index in [9.17, 15) is 4.79 Å². The van der Waals surface area contributed by atoms with Crippen molar-refractivity contribution in [2.75, 3.05) is 13.1 Å². The molecule has 1 aliphatic heterocycles. The van der Waals surface area contributed by atoms with Gasteiger partial charge in [0.2, 0.25) is 11.8 Å². The molecule has 1 saturated carbocycles. The van der Waals surface area contributed by atoms with Gasteiger partial charge in [0.25, 0.3) is 0 Å². The van der Waals surface area contributed by atoms with Crippen LogP contribution < -0.4 is 4.74 Å². The van der Waals surface area contributed by atoms with Gasteiger partial charge in [-0.3, -0.25) is 4.79 Å². The summed E-state index contributed by atoms with van der Waals surface area (Å²) in [5.74, 6) is 1.28. The van der Waals surface area contributed by atoms with Gasteiger partial charge in [-0.15, -0.1) is 0 Å². The summed E-state index contributed by atoms with van der Waals surface area (Å²) in [6.45, 7) is 3.54. The van der Waals surface area contributed by atoms with Gasteiger partial charge in [-0.1, -0.05) is 12.5 Å². The highest BCUT2D eigenvalue weighted by atomic mass is 16.5. The van der Waals surface area contributed by atoms with Gasteiger partial charge < -0.3 is 9.64 Å². The van der Waals surface area contributed by atoms with Crippen molar-refractivity contribution < 1.29 is 9.53 Å². The van der Waals surface area contributed by atoms with Crippen LogP contribution in [-0.2, 0) is 4.79 Å². The highest BCUT2D eigenvalue weighted by molar-refractivity contribution is 5.79. The van der Waals surface area contributed by atoms with E-state index in [2.05, 4.69) is 4.98 Å². The Bertz CT molecular complexity index is 454. The first kappa shape index (κ1) is 12.5. The van der Waals surface area contributed by atoms with Gasteiger partial charge in [0.05, 0.1) is 6.54 Å². The van der Waals surface area contributed by atoms with E-state index in [1.165, 1.54) is 6.42 Å². The van der Waals surface area contributed by atoms with E-state index in [0.717, 1.165) is 31.4 Å². The summed E-state index contributed by atoms with van der Waals surface area (Å²) in [6, 6.07) is 3.89. The summed E-state index contributed by atoms with van der Waals surface area (Å²) in [6.07, 6.45) is 6.16. The number of carbonyl (C=O) groups is 1. The highest BCUT2D eigenvalue weighted by Crippen LogP contribution is 2.29. The molecule has 19 heavy (non-hydrogen) atoms. The minimum absolute atomic E-state index is 0.0965. The smallest absolute Gasteiger partial charge is 0.225 e. The SMILES string of the molecule is Cc1ccc(OC2CCN(C(=O)C3CCC3)C2)nc1. The molecule has 0 spiro atoms. The summed E-state index contributed by atoms with van der Waals surface area (Å²) in [5, 5.41) is 0. The molecule has 3 rings (SSSR count). The van der Waals surface area contributed by atoms with Crippen LogP contribution in [0.25, 0.3) is 0 Å². The van der Waals surface area contributed by atoms with Crippen molar-refractivity contribution >= 4 is 5.91 Å². The predicted molar refractivity (Wildman–Crippen MR) is 71.9 cm³/mol. The molecule has 2 heterocycles. The zero-order valence-electron chi connectivity index (χ0n) is 11.3. The molecule has 1 saturated heterocycles. The first-order valence-electron chi connectivity index (χ1n) is 7.10. The molecule has 4 nitrogen and oxygen atoms in total. The Morgan fingerprint density at radius 2 is 2.21 bits per heavy atom. The van der Waals surface area contributed by atoms with Crippen molar-refractivity contribution in [1.82, 2.24) is 9.88 Å². The van der Waals surface area contributed by atoms with Crippen LogP contribution in [0, 0.1) is 12.8 Å². The summed E-state index contributed by atoms with van der Waals surface area (Å²) in [4.78, 5) is 18.3. The minimum Gasteiger partial charge on any atom is -0.472 e.